The first-order chi connectivity index (χ1) is 6.74. The molecular weight excluding hydrogens is 180 g/mol. The molecule has 0 aromatic carbocycles. The summed E-state index contributed by atoms with van der Waals surface area (Å²) in [6.45, 7) is 10.2. The van der Waals surface area contributed by atoms with E-state index in [1.54, 1.807) is 0 Å². The number of rotatable bonds is 8. The average Bonchev–Trinajstić information content (AvgIpc) is 2.21. The van der Waals surface area contributed by atoms with Gasteiger partial charge < -0.3 is 9.47 Å². The van der Waals surface area contributed by atoms with Crippen molar-refractivity contribution in [3.63, 3.8) is 0 Å². The third-order valence-electron chi connectivity index (χ3n) is 1.61. The van der Waals surface area contributed by atoms with Crippen LogP contribution in [0, 0.1) is 0 Å². The molecule has 0 aliphatic heterocycles. The van der Waals surface area contributed by atoms with E-state index in [0.717, 1.165) is 0 Å². The van der Waals surface area contributed by atoms with Gasteiger partial charge >= 0.3 is 5.97 Å². The van der Waals surface area contributed by atoms with Crippen molar-refractivity contribution in [3.8, 4) is 0 Å². The van der Waals surface area contributed by atoms with Crippen molar-refractivity contribution < 1.29 is 14.3 Å². The van der Waals surface area contributed by atoms with E-state index in [0.29, 0.717) is 26.1 Å². The summed E-state index contributed by atoms with van der Waals surface area (Å²) in [5, 5.41) is 0. The molecule has 0 saturated heterocycles. The minimum absolute atomic E-state index is 0.241. The molecule has 0 unspecified atom stereocenters. The first-order valence-electron chi connectivity index (χ1n) is 4.77. The van der Waals surface area contributed by atoms with Gasteiger partial charge in [-0.05, 0) is 25.5 Å². The Balaban J connectivity index is 3.53. The van der Waals surface area contributed by atoms with Gasteiger partial charge in [0.05, 0.1) is 0 Å². The highest BCUT2D eigenvalue weighted by atomic mass is 16.5. The molecule has 80 valence electrons. The third kappa shape index (κ3) is 6.43. The van der Waals surface area contributed by atoms with Crippen LogP contribution in [0.15, 0.2) is 25.3 Å². The summed E-state index contributed by atoms with van der Waals surface area (Å²) in [4.78, 5) is 11.2. The fourth-order valence-electron chi connectivity index (χ4n) is 0.866. The number of carbonyl (C=O) groups is 1. The second kappa shape index (κ2) is 8.51. The second-order valence-electron chi connectivity index (χ2n) is 2.73. The van der Waals surface area contributed by atoms with Gasteiger partial charge in [0.15, 0.2) is 0 Å². The molecule has 0 radical (unpaired) electrons. The van der Waals surface area contributed by atoms with Gasteiger partial charge in [0.2, 0.25) is 0 Å². The van der Waals surface area contributed by atoms with Crippen molar-refractivity contribution in [2.75, 3.05) is 13.2 Å². The lowest BCUT2D eigenvalue weighted by atomic mass is 10.3. The van der Waals surface area contributed by atoms with E-state index in [1.165, 1.54) is 12.2 Å². The third-order valence-corrected chi connectivity index (χ3v) is 1.61. The van der Waals surface area contributed by atoms with Crippen molar-refractivity contribution >= 4 is 5.97 Å². The van der Waals surface area contributed by atoms with Crippen LogP contribution < -0.4 is 0 Å². The Bertz CT molecular complexity index is 179. The Morgan fingerprint density at radius 1 is 1.43 bits per heavy atom. The first kappa shape index (κ1) is 12.9. The highest BCUT2D eigenvalue weighted by molar-refractivity contribution is 5.69. The molecule has 0 spiro atoms. The largest absolute Gasteiger partial charge is 0.454 e. The molecule has 3 heteroatoms. The Morgan fingerprint density at radius 3 is 2.57 bits per heavy atom. The van der Waals surface area contributed by atoms with Gasteiger partial charge in [-0.1, -0.05) is 13.2 Å². The molecule has 0 aliphatic rings. The molecule has 0 N–H and O–H groups in total. The summed E-state index contributed by atoms with van der Waals surface area (Å²) in [5.74, 6) is -0.241. The van der Waals surface area contributed by atoms with E-state index in [4.69, 9.17) is 9.47 Å². The Morgan fingerprint density at radius 2 is 2.07 bits per heavy atom. The zero-order chi connectivity index (χ0) is 10.8. The Labute approximate surface area is 85.4 Å². The fraction of sp³-hybridized carbons (Fsp3) is 0.545. The fourth-order valence-corrected chi connectivity index (χ4v) is 0.866. The van der Waals surface area contributed by atoms with Gasteiger partial charge in [0.25, 0.3) is 0 Å². The van der Waals surface area contributed by atoms with Crippen molar-refractivity contribution in [1.82, 2.24) is 0 Å². The van der Waals surface area contributed by atoms with Gasteiger partial charge in [-0.3, -0.25) is 4.79 Å². The van der Waals surface area contributed by atoms with Crippen LogP contribution in [0.3, 0.4) is 0 Å². The predicted molar refractivity (Wildman–Crippen MR) is 56.0 cm³/mol. The van der Waals surface area contributed by atoms with Crippen molar-refractivity contribution in [2.24, 2.45) is 0 Å². The molecule has 0 aliphatic carbocycles. The summed E-state index contributed by atoms with van der Waals surface area (Å²) in [6.07, 6.45) is 3.75. The second-order valence-corrected chi connectivity index (χ2v) is 2.73. The maximum Gasteiger partial charge on any atom is 0.306 e. The van der Waals surface area contributed by atoms with Crippen LogP contribution in [0.5, 0.6) is 0 Å². The standard InChI is InChI=1S/C11H18O3/c1-4-10(5-2)14-11(12)8-7-9-13-6-3/h4-5,10H,1-2,6-9H2,3H3. The summed E-state index contributed by atoms with van der Waals surface area (Å²) >= 11 is 0. The van der Waals surface area contributed by atoms with E-state index in [2.05, 4.69) is 13.2 Å². The molecular formula is C11H18O3. The maximum absolute atomic E-state index is 11.2. The lowest BCUT2D eigenvalue weighted by Gasteiger charge is -2.09. The number of hydrogen-bond acceptors (Lipinski definition) is 3. The van der Waals surface area contributed by atoms with E-state index in [9.17, 15) is 4.79 Å². The molecule has 0 bridgehead atoms. The molecule has 0 aromatic heterocycles. The van der Waals surface area contributed by atoms with Gasteiger partial charge in [-0.25, -0.2) is 0 Å². The van der Waals surface area contributed by atoms with Gasteiger partial charge in [-0.2, -0.15) is 0 Å². The van der Waals surface area contributed by atoms with Crippen LogP contribution in [-0.2, 0) is 14.3 Å². The van der Waals surface area contributed by atoms with Crippen molar-refractivity contribution in [1.29, 1.82) is 0 Å². The SMILES string of the molecule is C=CC(C=C)OC(=O)CCCOCC. The zero-order valence-electron chi connectivity index (χ0n) is 8.70. The topological polar surface area (TPSA) is 35.5 Å². The molecule has 0 atom stereocenters. The van der Waals surface area contributed by atoms with Crippen LogP contribution >= 0.6 is 0 Å². The van der Waals surface area contributed by atoms with Crippen LogP contribution in [-0.4, -0.2) is 25.3 Å². The van der Waals surface area contributed by atoms with Crippen LogP contribution in [0.1, 0.15) is 19.8 Å². The Hall–Kier alpha value is -1.09. The Kier molecular flexibility index (Phi) is 7.84. The molecule has 3 nitrogen and oxygen atoms in total. The van der Waals surface area contributed by atoms with Crippen molar-refractivity contribution in [3.05, 3.63) is 25.3 Å². The average molecular weight is 198 g/mol. The van der Waals surface area contributed by atoms with Crippen LogP contribution in [0.2, 0.25) is 0 Å². The molecule has 0 heterocycles. The highest BCUT2D eigenvalue weighted by Gasteiger charge is 2.06. The minimum Gasteiger partial charge on any atom is -0.454 e. The normalized spacial score (nSPS) is 9.86. The van der Waals surface area contributed by atoms with Crippen LogP contribution in [0.25, 0.3) is 0 Å². The quantitative estimate of drug-likeness (QED) is 0.340. The van der Waals surface area contributed by atoms with E-state index < -0.39 is 0 Å². The highest BCUT2D eigenvalue weighted by Crippen LogP contribution is 2.00. The molecule has 0 aromatic rings. The van der Waals surface area contributed by atoms with Gasteiger partial charge in [-0.15, -0.1) is 0 Å². The van der Waals surface area contributed by atoms with Gasteiger partial charge in [0, 0.05) is 19.6 Å². The number of carbonyl (C=O) groups excluding carboxylic acids is 1. The van der Waals surface area contributed by atoms with Crippen LogP contribution in [0.4, 0.5) is 0 Å². The van der Waals surface area contributed by atoms with E-state index in [-0.39, 0.29) is 12.1 Å². The van der Waals surface area contributed by atoms with E-state index >= 15 is 0 Å². The number of hydrogen-bond donors (Lipinski definition) is 0. The molecule has 0 saturated carbocycles. The summed E-state index contributed by atoms with van der Waals surface area (Å²) in [7, 11) is 0. The molecule has 14 heavy (non-hydrogen) atoms. The summed E-state index contributed by atoms with van der Waals surface area (Å²) < 4.78 is 10.1. The molecule has 0 rings (SSSR count). The monoisotopic (exact) mass is 198 g/mol. The zero-order valence-corrected chi connectivity index (χ0v) is 8.70. The van der Waals surface area contributed by atoms with Gasteiger partial charge in [0.1, 0.15) is 6.10 Å². The summed E-state index contributed by atoms with van der Waals surface area (Å²) in [6, 6.07) is 0. The lowest BCUT2D eigenvalue weighted by Crippen LogP contribution is -2.13. The molecule has 0 fully saturated rings. The maximum atomic E-state index is 11.2. The summed E-state index contributed by atoms with van der Waals surface area (Å²) in [5.41, 5.74) is 0. The number of esters is 1. The predicted octanol–water partition coefficient (Wildman–Crippen LogP) is 2.09. The first-order valence-corrected chi connectivity index (χ1v) is 4.77. The smallest absolute Gasteiger partial charge is 0.306 e. The van der Waals surface area contributed by atoms with E-state index in [1.807, 2.05) is 6.92 Å². The lowest BCUT2D eigenvalue weighted by molar-refractivity contribution is -0.145. The minimum atomic E-state index is -0.380. The number of ether oxygens (including phenoxy) is 2. The van der Waals surface area contributed by atoms with Crippen molar-refractivity contribution in [2.45, 2.75) is 25.9 Å². The molecule has 0 amide bonds.